The Morgan fingerprint density at radius 2 is 2.07 bits per heavy atom. The average Bonchev–Trinajstić information content (AvgIpc) is 2.30. The van der Waals surface area contributed by atoms with Crippen molar-refractivity contribution in [3.05, 3.63) is 66.4 Å². The maximum absolute atomic E-state index is 3.85. The second-order valence-corrected chi connectivity index (χ2v) is 3.67. The molecular weight excluding hydrogens is 182 g/mol. The minimum atomic E-state index is 0.323. The van der Waals surface area contributed by atoms with E-state index in [1.807, 2.05) is 18.2 Å². The third-order valence-electron chi connectivity index (χ3n) is 2.70. The van der Waals surface area contributed by atoms with Crippen LogP contribution in [-0.4, -0.2) is 11.9 Å². The van der Waals surface area contributed by atoms with E-state index in [1.54, 1.807) is 0 Å². The molecule has 76 valence electrons. The molecule has 1 aliphatic heterocycles. The lowest BCUT2D eigenvalue weighted by Gasteiger charge is -2.27. The van der Waals surface area contributed by atoms with Crippen LogP contribution in [0.5, 0.6) is 0 Å². The topological polar surface area (TPSA) is 3.24 Å². The summed E-state index contributed by atoms with van der Waals surface area (Å²) in [5.74, 6) is 0. The predicted molar refractivity (Wildman–Crippen MR) is 65.3 cm³/mol. The number of hydrogen-bond donors (Lipinski definition) is 0. The fourth-order valence-electron chi connectivity index (χ4n) is 1.87. The lowest BCUT2D eigenvalue weighted by Crippen LogP contribution is -2.19. The van der Waals surface area contributed by atoms with Gasteiger partial charge in [0.2, 0.25) is 0 Å². The molecule has 0 saturated heterocycles. The number of benzene rings is 1. The van der Waals surface area contributed by atoms with Gasteiger partial charge in [0.25, 0.3) is 0 Å². The van der Waals surface area contributed by atoms with Gasteiger partial charge < -0.3 is 4.90 Å². The number of likely N-dealkylation sites (N-methyl/N-ethyl adjacent to an activating group) is 1. The van der Waals surface area contributed by atoms with Crippen molar-refractivity contribution in [1.82, 2.24) is 4.90 Å². The Kier molecular flexibility index (Phi) is 2.72. The summed E-state index contributed by atoms with van der Waals surface area (Å²) < 4.78 is 0. The van der Waals surface area contributed by atoms with Crippen molar-refractivity contribution in [1.29, 1.82) is 0 Å². The normalized spacial score (nSPS) is 19.3. The lowest BCUT2D eigenvalue weighted by molar-refractivity contribution is 0.389. The van der Waals surface area contributed by atoms with E-state index in [0.29, 0.717) is 6.04 Å². The summed E-state index contributed by atoms with van der Waals surface area (Å²) in [6.07, 6.45) is 10.3. The lowest BCUT2D eigenvalue weighted by atomic mass is 9.98. The molecule has 1 nitrogen and oxygen atoms in total. The van der Waals surface area contributed by atoms with Gasteiger partial charge in [0.1, 0.15) is 0 Å². The first-order valence-electron chi connectivity index (χ1n) is 5.11. The Labute approximate surface area is 91.0 Å². The van der Waals surface area contributed by atoms with Gasteiger partial charge in [0.15, 0.2) is 0 Å². The first kappa shape index (κ1) is 9.78. The van der Waals surface area contributed by atoms with Crippen molar-refractivity contribution in [2.24, 2.45) is 0 Å². The van der Waals surface area contributed by atoms with E-state index in [0.717, 1.165) is 0 Å². The molecule has 1 aromatic rings. The number of nitrogens with zero attached hydrogens (tertiary/aromatic N) is 1. The van der Waals surface area contributed by atoms with Crippen LogP contribution in [0.1, 0.15) is 17.2 Å². The number of hydrogen-bond acceptors (Lipinski definition) is 1. The smallest absolute Gasteiger partial charge is 0.0726 e. The van der Waals surface area contributed by atoms with Crippen LogP contribution in [-0.2, 0) is 0 Å². The maximum atomic E-state index is 3.85. The molecule has 1 aromatic carbocycles. The van der Waals surface area contributed by atoms with Crippen LogP contribution >= 0.6 is 0 Å². The molecule has 0 bridgehead atoms. The number of allylic oxidation sites excluding steroid dienone is 2. The highest BCUT2D eigenvalue weighted by atomic mass is 15.1. The van der Waals surface area contributed by atoms with Crippen molar-refractivity contribution < 1.29 is 0 Å². The molecule has 15 heavy (non-hydrogen) atoms. The van der Waals surface area contributed by atoms with Crippen LogP contribution < -0.4 is 0 Å². The van der Waals surface area contributed by atoms with Crippen molar-refractivity contribution in [2.75, 3.05) is 7.05 Å². The fraction of sp³-hybridized carbons (Fsp3) is 0.143. The van der Waals surface area contributed by atoms with E-state index < -0.39 is 0 Å². The third-order valence-corrected chi connectivity index (χ3v) is 2.70. The summed E-state index contributed by atoms with van der Waals surface area (Å²) >= 11 is 0. The molecule has 0 aliphatic carbocycles. The van der Waals surface area contributed by atoms with E-state index in [-0.39, 0.29) is 0 Å². The van der Waals surface area contributed by atoms with Gasteiger partial charge in [0, 0.05) is 7.05 Å². The Balaban J connectivity index is 2.40. The summed E-state index contributed by atoms with van der Waals surface area (Å²) in [7, 11) is 2.09. The van der Waals surface area contributed by atoms with E-state index in [2.05, 4.69) is 55.1 Å². The molecule has 0 N–H and O–H groups in total. The molecule has 0 aromatic heterocycles. The van der Waals surface area contributed by atoms with Crippen LogP contribution in [0.25, 0.3) is 6.08 Å². The van der Waals surface area contributed by atoms with E-state index >= 15 is 0 Å². The molecule has 0 amide bonds. The molecule has 1 atom stereocenters. The molecular formula is C14H15N. The zero-order valence-electron chi connectivity index (χ0n) is 8.93. The average molecular weight is 197 g/mol. The SMILES string of the molecule is C=Cc1ccccc1C1C=CC=CN1C. The van der Waals surface area contributed by atoms with Crippen LogP contribution in [0, 0.1) is 0 Å². The highest BCUT2D eigenvalue weighted by Gasteiger charge is 2.14. The first-order chi connectivity index (χ1) is 7.33. The zero-order chi connectivity index (χ0) is 10.7. The van der Waals surface area contributed by atoms with E-state index in [4.69, 9.17) is 0 Å². The minimum Gasteiger partial charge on any atom is -0.370 e. The molecule has 0 spiro atoms. The van der Waals surface area contributed by atoms with Gasteiger partial charge in [-0.05, 0) is 23.4 Å². The first-order valence-corrected chi connectivity index (χ1v) is 5.11. The van der Waals surface area contributed by atoms with Crippen molar-refractivity contribution in [3.8, 4) is 0 Å². The van der Waals surface area contributed by atoms with Gasteiger partial charge in [-0.2, -0.15) is 0 Å². The van der Waals surface area contributed by atoms with Crippen molar-refractivity contribution in [2.45, 2.75) is 6.04 Å². The molecule has 1 heterocycles. The predicted octanol–water partition coefficient (Wildman–Crippen LogP) is 3.39. The van der Waals surface area contributed by atoms with Crippen molar-refractivity contribution >= 4 is 6.08 Å². The standard InChI is InChI=1S/C14H15N/c1-3-12-8-4-5-9-13(12)14-10-6-7-11-15(14)2/h3-11,14H,1H2,2H3. The molecule has 0 fully saturated rings. The Morgan fingerprint density at radius 1 is 1.27 bits per heavy atom. The minimum absolute atomic E-state index is 0.323. The molecule has 2 rings (SSSR count). The van der Waals surface area contributed by atoms with Crippen LogP contribution in [0.4, 0.5) is 0 Å². The second kappa shape index (κ2) is 4.18. The summed E-state index contributed by atoms with van der Waals surface area (Å²) in [5, 5.41) is 0. The molecule has 0 saturated carbocycles. The zero-order valence-corrected chi connectivity index (χ0v) is 8.93. The van der Waals surface area contributed by atoms with Crippen LogP contribution in [0.2, 0.25) is 0 Å². The van der Waals surface area contributed by atoms with Gasteiger partial charge in [-0.25, -0.2) is 0 Å². The Bertz CT molecular complexity index is 415. The Morgan fingerprint density at radius 3 is 2.80 bits per heavy atom. The fourth-order valence-corrected chi connectivity index (χ4v) is 1.87. The van der Waals surface area contributed by atoms with E-state index in [9.17, 15) is 0 Å². The van der Waals surface area contributed by atoms with Crippen LogP contribution in [0.15, 0.2) is 55.3 Å². The Hall–Kier alpha value is -1.76. The van der Waals surface area contributed by atoms with Gasteiger partial charge in [0.05, 0.1) is 6.04 Å². The van der Waals surface area contributed by atoms with Gasteiger partial charge in [-0.3, -0.25) is 0 Å². The highest BCUT2D eigenvalue weighted by molar-refractivity contribution is 5.53. The van der Waals surface area contributed by atoms with Crippen molar-refractivity contribution in [3.63, 3.8) is 0 Å². The molecule has 1 unspecified atom stereocenters. The maximum Gasteiger partial charge on any atom is 0.0726 e. The number of rotatable bonds is 2. The summed E-state index contributed by atoms with van der Waals surface area (Å²) in [6, 6.07) is 8.69. The summed E-state index contributed by atoms with van der Waals surface area (Å²) in [5.41, 5.74) is 2.50. The van der Waals surface area contributed by atoms with Gasteiger partial charge >= 0.3 is 0 Å². The van der Waals surface area contributed by atoms with Crippen LogP contribution in [0.3, 0.4) is 0 Å². The molecule has 1 aliphatic rings. The highest BCUT2D eigenvalue weighted by Crippen LogP contribution is 2.27. The summed E-state index contributed by atoms with van der Waals surface area (Å²) in [6.45, 7) is 3.85. The van der Waals surface area contributed by atoms with E-state index in [1.165, 1.54) is 11.1 Å². The second-order valence-electron chi connectivity index (χ2n) is 3.67. The largest absolute Gasteiger partial charge is 0.370 e. The third kappa shape index (κ3) is 1.86. The van der Waals surface area contributed by atoms with Gasteiger partial charge in [-0.15, -0.1) is 0 Å². The monoisotopic (exact) mass is 197 g/mol. The quantitative estimate of drug-likeness (QED) is 0.702. The van der Waals surface area contributed by atoms with Gasteiger partial charge in [-0.1, -0.05) is 49.1 Å². The molecule has 1 heteroatoms. The summed E-state index contributed by atoms with van der Waals surface area (Å²) in [4.78, 5) is 2.20. The molecule has 0 radical (unpaired) electrons.